The molecule has 0 heterocycles. The van der Waals surface area contributed by atoms with E-state index in [2.05, 4.69) is 69.8 Å². The van der Waals surface area contributed by atoms with E-state index in [1.54, 1.807) is 6.92 Å². The Morgan fingerprint density at radius 1 is 0.975 bits per heavy atom. The summed E-state index contributed by atoms with van der Waals surface area (Å²) in [5.41, 5.74) is 4.61. The van der Waals surface area contributed by atoms with Crippen LogP contribution in [0, 0.1) is 23.7 Å². The fourth-order valence-electron chi connectivity index (χ4n) is 4.77. The number of carbonyl (C=O) groups is 1. The van der Waals surface area contributed by atoms with Gasteiger partial charge in [-0.1, -0.05) is 78.0 Å². The summed E-state index contributed by atoms with van der Waals surface area (Å²) in [6, 6.07) is 25.7. The van der Waals surface area contributed by atoms with Crippen LogP contribution in [0.15, 0.2) is 84.0 Å². The van der Waals surface area contributed by atoms with Crippen LogP contribution in [0.5, 0.6) is 0 Å². The van der Waals surface area contributed by atoms with Crippen molar-refractivity contribution in [1.29, 1.82) is 0 Å². The number of rotatable bonds is 5. The van der Waals surface area contributed by atoms with E-state index in [0.29, 0.717) is 5.02 Å². The summed E-state index contributed by atoms with van der Waals surface area (Å²) in [4.78, 5) is 20.2. The summed E-state index contributed by atoms with van der Waals surface area (Å²) in [5, 5.41) is 13.1. The molecular formula is C34H34ClNO4. The number of ether oxygens (including phenoxy) is 1. The molecule has 1 N–H and O–H groups in total. The molecule has 0 spiro atoms. The fraction of sp³-hybridized carbons (Fsp3) is 0.265. The highest BCUT2D eigenvalue weighted by atomic mass is 35.5. The molecule has 5 nitrogen and oxygen atoms in total. The van der Waals surface area contributed by atoms with Gasteiger partial charge in [0.15, 0.2) is 5.54 Å². The third kappa shape index (κ3) is 7.35. The molecule has 4 aromatic carbocycles. The van der Waals surface area contributed by atoms with Gasteiger partial charge in [0.05, 0.1) is 11.7 Å². The van der Waals surface area contributed by atoms with Gasteiger partial charge in [-0.05, 0) is 110 Å². The minimum absolute atomic E-state index is 0.134. The quantitative estimate of drug-likeness (QED) is 0.151. The molecule has 0 radical (unpaired) electrons. The van der Waals surface area contributed by atoms with Crippen molar-refractivity contribution in [2.75, 3.05) is 0 Å². The number of nitroso groups, excluding NO2 is 1. The summed E-state index contributed by atoms with van der Waals surface area (Å²) >= 11 is 6.23. The molecule has 0 aliphatic carbocycles. The van der Waals surface area contributed by atoms with Crippen LogP contribution in [0.4, 0.5) is 0 Å². The van der Waals surface area contributed by atoms with E-state index in [1.165, 1.54) is 0 Å². The van der Waals surface area contributed by atoms with Gasteiger partial charge >= 0.3 is 0 Å². The maximum absolute atomic E-state index is 11.8. The standard InChI is InChI=1S/C33H32ClNO2.CH2O2/c1-22-20-26-13-12-24(18-19-33(6,35-36)27-10-8-7-9-11-27)21-29(26)31(25-14-16-28(34)17-15-25)30(22)23(2)37-32(3,4)5;2-1-3/h7-17,20-21,23H,1-6H3;1H,(H,2,3). The topological polar surface area (TPSA) is 76.0 Å². The fourth-order valence-corrected chi connectivity index (χ4v) is 4.90. The van der Waals surface area contributed by atoms with E-state index in [9.17, 15) is 4.91 Å². The van der Waals surface area contributed by atoms with Crippen LogP contribution < -0.4 is 0 Å². The number of fused-ring (bicyclic) bond motifs is 1. The molecule has 2 atom stereocenters. The Kier molecular flexibility index (Phi) is 9.87. The van der Waals surface area contributed by atoms with Crippen molar-refractivity contribution < 1.29 is 14.6 Å². The Balaban J connectivity index is 0.00000141. The highest BCUT2D eigenvalue weighted by Crippen LogP contribution is 2.40. The van der Waals surface area contributed by atoms with Crippen molar-refractivity contribution >= 4 is 28.8 Å². The van der Waals surface area contributed by atoms with Gasteiger partial charge in [-0.3, -0.25) is 4.79 Å². The molecule has 206 valence electrons. The molecule has 0 aliphatic heterocycles. The third-order valence-corrected chi connectivity index (χ3v) is 6.68. The Bertz CT molecular complexity index is 1550. The first-order valence-corrected chi connectivity index (χ1v) is 13.3. The average Bonchev–Trinajstić information content (AvgIpc) is 2.91. The van der Waals surface area contributed by atoms with Gasteiger partial charge in [0.25, 0.3) is 6.47 Å². The van der Waals surface area contributed by atoms with Crippen LogP contribution in [0.1, 0.15) is 63.0 Å². The van der Waals surface area contributed by atoms with Crippen LogP contribution in [0.3, 0.4) is 0 Å². The predicted molar refractivity (Wildman–Crippen MR) is 164 cm³/mol. The summed E-state index contributed by atoms with van der Waals surface area (Å²) in [6.07, 6.45) is -0.134. The van der Waals surface area contributed by atoms with Gasteiger partial charge < -0.3 is 9.84 Å². The van der Waals surface area contributed by atoms with Crippen molar-refractivity contribution in [3.8, 4) is 23.0 Å². The molecular weight excluding hydrogens is 522 g/mol. The van der Waals surface area contributed by atoms with E-state index in [4.69, 9.17) is 26.2 Å². The molecule has 0 aliphatic rings. The van der Waals surface area contributed by atoms with Gasteiger partial charge in [-0.15, -0.1) is 4.91 Å². The summed E-state index contributed by atoms with van der Waals surface area (Å²) < 4.78 is 6.42. The molecule has 0 saturated heterocycles. The second-order valence-electron chi connectivity index (χ2n) is 10.7. The van der Waals surface area contributed by atoms with Crippen molar-refractivity contribution in [3.63, 3.8) is 0 Å². The summed E-state index contributed by atoms with van der Waals surface area (Å²) in [5.74, 6) is 6.34. The number of aryl methyl sites for hydroxylation is 1. The van der Waals surface area contributed by atoms with Crippen molar-refractivity contribution in [1.82, 2.24) is 0 Å². The first-order chi connectivity index (χ1) is 18.9. The second kappa shape index (κ2) is 12.9. The molecule has 4 rings (SSSR count). The first kappa shape index (κ1) is 30.6. The summed E-state index contributed by atoms with van der Waals surface area (Å²) in [7, 11) is 0. The largest absolute Gasteiger partial charge is 0.483 e. The smallest absolute Gasteiger partial charge is 0.290 e. The Morgan fingerprint density at radius 2 is 1.60 bits per heavy atom. The SMILES string of the molecule is Cc1cc2ccc(C#CC(C)(N=O)c3ccccc3)cc2c(-c2ccc(Cl)cc2)c1C(C)OC(C)(C)C.O=CO. The monoisotopic (exact) mass is 555 g/mol. The summed E-state index contributed by atoms with van der Waals surface area (Å²) in [6.45, 7) is 11.9. The lowest BCUT2D eigenvalue weighted by atomic mass is 9.87. The lowest BCUT2D eigenvalue weighted by molar-refractivity contribution is -0.122. The van der Waals surface area contributed by atoms with E-state index >= 15 is 0 Å². The van der Waals surface area contributed by atoms with Gasteiger partial charge in [-0.2, -0.15) is 0 Å². The minimum atomic E-state index is -1.14. The highest BCUT2D eigenvalue weighted by molar-refractivity contribution is 6.30. The highest BCUT2D eigenvalue weighted by Gasteiger charge is 2.25. The number of hydrogen-bond donors (Lipinski definition) is 1. The Hall–Kier alpha value is -3.98. The predicted octanol–water partition coefficient (Wildman–Crippen LogP) is 9.08. The molecule has 6 heteroatoms. The van der Waals surface area contributed by atoms with Crippen molar-refractivity contribution in [2.24, 2.45) is 5.18 Å². The van der Waals surface area contributed by atoms with Crippen LogP contribution in [0.25, 0.3) is 21.9 Å². The lowest BCUT2D eigenvalue weighted by Gasteiger charge is -2.29. The average molecular weight is 556 g/mol. The number of halogens is 1. The van der Waals surface area contributed by atoms with Gasteiger partial charge in [0.2, 0.25) is 0 Å². The molecule has 2 unspecified atom stereocenters. The number of nitrogens with zero attached hydrogens (tertiary/aromatic N) is 1. The number of benzene rings is 4. The van der Waals surface area contributed by atoms with Crippen LogP contribution in [-0.4, -0.2) is 17.2 Å². The van der Waals surface area contributed by atoms with Crippen LogP contribution in [0.2, 0.25) is 5.02 Å². The Labute approximate surface area is 241 Å². The lowest BCUT2D eigenvalue weighted by Crippen LogP contribution is -2.22. The van der Waals surface area contributed by atoms with Gasteiger partial charge in [0.1, 0.15) is 0 Å². The maximum Gasteiger partial charge on any atom is 0.290 e. The van der Waals surface area contributed by atoms with E-state index in [1.807, 2.05) is 60.7 Å². The molecule has 0 bridgehead atoms. The maximum atomic E-state index is 11.8. The van der Waals surface area contributed by atoms with E-state index in [0.717, 1.165) is 44.2 Å². The second-order valence-corrected chi connectivity index (χ2v) is 11.1. The zero-order valence-corrected chi connectivity index (χ0v) is 24.4. The molecule has 4 aromatic rings. The van der Waals surface area contributed by atoms with Crippen LogP contribution in [-0.2, 0) is 15.1 Å². The normalized spacial score (nSPS) is 13.2. The molecule has 0 fully saturated rings. The number of hydrogen-bond acceptors (Lipinski definition) is 4. The molecule has 0 aromatic heterocycles. The molecule has 0 amide bonds. The minimum Gasteiger partial charge on any atom is -0.483 e. The molecule has 0 saturated carbocycles. The van der Waals surface area contributed by atoms with Gasteiger partial charge in [-0.25, -0.2) is 0 Å². The molecule has 40 heavy (non-hydrogen) atoms. The van der Waals surface area contributed by atoms with Crippen molar-refractivity contribution in [3.05, 3.63) is 111 Å². The Morgan fingerprint density at radius 3 is 2.17 bits per heavy atom. The first-order valence-electron chi connectivity index (χ1n) is 12.9. The van der Waals surface area contributed by atoms with E-state index < -0.39 is 5.54 Å². The zero-order chi connectivity index (χ0) is 29.5. The zero-order valence-electron chi connectivity index (χ0n) is 23.7. The van der Waals surface area contributed by atoms with Gasteiger partial charge in [0, 0.05) is 10.6 Å². The number of carboxylic acid groups (broad SMARTS) is 1. The van der Waals surface area contributed by atoms with Crippen LogP contribution >= 0.6 is 11.6 Å². The third-order valence-electron chi connectivity index (χ3n) is 6.43. The van der Waals surface area contributed by atoms with Crippen molar-refractivity contribution in [2.45, 2.75) is 58.8 Å². The van der Waals surface area contributed by atoms with E-state index in [-0.39, 0.29) is 18.2 Å².